The van der Waals surface area contributed by atoms with Crippen molar-refractivity contribution in [2.75, 3.05) is 26.2 Å². The summed E-state index contributed by atoms with van der Waals surface area (Å²) in [6.07, 6.45) is 8.38. The van der Waals surface area contributed by atoms with Crippen LogP contribution in [-0.2, 0) is 23.9 Å². The number of aryl methyl sites for hydroxylation is 2. The molecule has 0 atom stereocenters. The van der Waals surface area contributed by atoms with Gasteiger partial charge in [-0.3, -0.25) is 23.7 Å². The van der Waals surface area contributed by atoms with Crippen molar-refractivity contribution in [1.82, 2.24) is 33.9 Å². The number of terminal acetylenes is 1. The Morgan fingerprint density at radius 1 is 1.09 bits per heavy atom. The Labute approximate surface area is 247 Å². The summed E-state index contributed by atoms with van der Waals surface area (Å²) in [6, 6.07) is 5.56. The Bertz CT molecular complexity index is 1690. The molecule has 0 N–H and O–H groups in total. The van der Waals surface area contributed by atoms with E-state index in [2.05, 4.69) is 21.0 Å². The van der Waals surface area contributed by atoms with Crippen molar-refractivity contribution < 1.29 is 22.8 Å². The van der Waals surface area contributed by atoms with Crippen LogP contribution in [0.2, 0.25) is 0 Å². The van der Waals surface area contributed by atoms with Crippen LogP contribution < -0.4 is 0 Å². The zero-order valence-corrected chi connectivity index (χ0v) is 24.1. The van der Waals surface area contributed by atoms with Gasteiger partial charge in [0.25, 0.3) is 5.91 Å². The number of fused-ring (bicyclic) bond motifs is 1. The number of rotatable bonds is 8. The molecular weight excluding hydrogens is 559 g/mol. The number of amides is 2. The minimum atomic E-state index is -4.66. The van der Waals surface area contributed by atoms with E-state index >= 15 is 0 Å². The molecule has 43 heavy (non-hydrogen) atoms. The number of carbonyl (C=O) groups is 2. The monoisotopic (exact) mass is 591 g/mol. The van der Waals surface area contributed by atoms with Gasteiger partial charge in [0.05, 0.1) is 29.7 Å². The summed E-state index contributed by atoms with van der Waals surface area (Å²) in [6.45, 7) is 6.04. The molecule has 4 aromatic rings. The highest BCUT2D eigenvalue weighted by molar-refractivity contribution is 5.96. The predicted octanol–water partition coefficient (Wildman–Crippen LogP) is 4.62. The highest BCUT2D eigenvalue weighted by Crippen LogP contribution is 2.36. The first-order valence-electron chi connectivity index (χ1n) is 14.2. The zero-order chi connectivity index (χ0) is 30.7. The lowest BCUT2D eigenvalue weighted by Gasteiger charge is -2.35. The summed E-state index contributed by atoms with van der Waals surface area (Å²) in [5.41, 5.74) is 2.42. The Balaban J connectivity index is 1.35. The first-order chi connectivity index (χ1) is 20.6. The molecule has 224 valence electrons. The molecule has 2 amide bonds. The minimum absolute atomic E-state index is 0.0759. The Kier molecular flexibility index (Phi) is 8.52. The lowest BCUT2D eigenvalue weighted by atomic mass is 10.0. The zero-order valence-electron chi connectivity index (χ0n) is 24.1. The molecule has 1 fully saturated rings. The van der Waals surface area contributed by atoms with Gasteiger partial charge >= 0.3 is 6.18 Å². The number of carbonyl (C=O) groups excluding carboxylic acids is 2. The van der Waals surface area contributed by atoms with E-state index in [1.54, 1.807) is 21.6 Å². The molecule has 5 rings (SSSR count). The molecule has 1 aromatic carbocycles. The molecule has 1 saturated heterocycles. The van der Waals surface area contributed by atoms with Gasteiger partial charge in [0.15, 0.2) is 11.3 Å². The van der Waals surface area contributed by atoms with Crippen LogP contribution in [0.1, 0.15) is 59.1 Å². The van der Waals surface area contributed by atoms with Gasteiger partial charge in [0.1, 0.15) is 0 Å². The fourth-order valence-electron chi connectivity index (χ4n) is 5.38. The normalized spacial score (nSPS) is 13.9. The van der Waals surface area contributed by atoms with E-state index in [0.29, 0.717) is 55.9 Å². The first-order valence-corrected chi connectivity index (χ1v) is 14.2. The second-order valence-electron chi connectivity index (χ2n) is 10.6. The summed E-state index contributed by atoms with van der Waals surface area (Å²) < 4.78 is 44.4. The highest BCUT2D eigenvalue weighted by atomic mass is 19.4. The number of benzene rings is 1. The van der Waals surface area contributed by atoms with E-state index in [0.717, 1.165) is 17.5 Å². The number of nitrogens with zero attached hydrogens (tertiary/aromatic N) is 7. The highest BCUT2D eigenvalue weighted by Gasteiger charge is 2.38. The summed E-state index contributed by atoms with van der Waals surface area (Å²) >= 11 is 0. The van der Waals surface area contributed by atoms with Gasteiger partial charge in [-0.15, -0.1) is 12.3 Å². The molecule has 3 aromatic heterocycles. The number of halogens is 3. The van der Waals surface area contributed by atoms with E-state index in [1.807, 2.05) is 30.9 Å². The number of imidazole rings is 1. The third kappa shape index (κ3) is 6.26. The molecule has 0 radical (unpaired) electrons. The number of alkyl halides is 3. The van der Waals surface area contributed by atoms with Crippen molar-refractivity contribution in [3.05, 3.63) is 71.1 Å². The van der Waals surface area contributed by atoms with E-state index < -0.39 is 11.9 Å². The third-order valence-electron chi connectivity index (χ3n) is 7.57. The summed E-state index contributed by atoms with van der Waals surface area (Å²) in [5, 5.41) is 3.75. The average Bonchev–Trinajstić information content (AvgIpc) is 3.61. The van der Waals surface area contributed by atoms with Gasteiger partial charge in [-0.2, -0.15) is 18.3 Å². The number of aromatic nitrogens is 5. The van der Waals surface area contributed by atoms with Gasteiger partial charge in [-0.25, -0.2) is 4.98 Å². The minimum Gasteiger partial charge on any atom is -0.339 e. The Morgan fingerprint density at radius 3 is 2.51 bits per heavy atom. The lowest BCUT2D eigenvalue weighted by Crippen LogP contribution is -2.50. The Morgan fingerprint density at radius 2 is 1.84 bits per heavy atom. The van der Waals surface area contributed by atoms with Crippen LogP contribution in [0.5, 0.6) is 0 Å². The predicted molar refractivity (Wildman–Crippen MR) is 154 cm³/mol. The van der Waals surface area contributed by atoms with Crippen molar-refractivity contribution >= 4 is 17.5 Å². The van der Waals surface area contributed by atoms with Gasteiger partial charge in [-0.05, 0) is 30.5 Å². The smallest absolute Gasteiger partial charge is 0.339 e. The maximum absolute atomic E-state index is 13.9. The quantitative estimate of drug-likeness (QED) is 0.279. The topological polar surface area (TPSA) is 88.6 Å². The standard InChI is InChI=1S/C31H32F3N7O2/c1-4-6-11-40-20-24(28(37-40)31(32,33)34)26-19-36-29-25(35-10-12-41(26)29)18-22-8-9-23(21(3)17-22)30(43)39-15-13-38(14-16-39)27(42)7-5-2/h1,8-10,12,17,19-20H,5-7,11,13-16,18H2,2-3H3. The molecule has 4 heterocycles. The van der Waals surface area contributed by atoms with Crippen molar-refractivity contribution in [2.45, 2.75) is 52.3 Å². The van der Waals surface area contributed by atoms with Crippen molar-refractivity contribution in [2.24, 2.45) is 0 Å². The molecule has 0 aliphatic carbocycles. The van der Waals surface area contributed by atoms with Crippen LogP contribution in [0.15, 0.2) is 43.0 Å². The van der Waals surface area contributed by atoms with Crippen LogP contribution in [0, 0.1) is 19.3 Å². The van der Waals surface area contributed by atoms with Crippen molar-refractivity contribution in [3.63, 3.8) is 0 Å². The fourth-order valence-corrected chi connectivity index (χ4v) is 5.38. The average molecular weight is 592 g/mol. The summed E-state index contributed by atoms with van der Waals surface area (Å²) in [5.74, 6) is 2.46. The molecule has 0 saturated carbocycles. The first kappa shape index (κ1) is 29.8. The van der Waals surface area contributed by atoms with Crippen LogP contribution in [0.4, 0.5) is 13.2 Å². The van der Waals surface area contributed by atoms with E-state index in [-0.39, 0.29) is 36.0 Å². The number of piperazine rings is 1. The largest absolute Gasteiger partial charge is 0.435 e. The van der Waals surface area contributed by atoms with Crippen LogP contribution in [0.3, 0.4) is 0 Å². The molecule has 12 heteroatoms. The maximum Gasteiger partial charge on any atom is 0.435 e. The van der Waals surface area contributed by atoms with E-state index in [9.17, 15) is 22.8 Å². The summed E-state index contributed by atoms with van der Waals surface area (Å²) in [4.78, 5) is 37.9. The van der Waals surface area contributed by atoms with Crippen LogP contribution >= 0.6 is 0 Å². The fraction of sp³-hybridized carbons (Fsp3) is 0.387. The van der Waals surface area contributed by atoms with Crippen LogP contribution in [0.25, 0.3) is 16.9 Å². The molecule has 0 unspecified atom stereocenters. The van der Waals surface area contributed by atoms with Gasteiger partial charge in [0, 0.05) is 69.6 Å². The summed E-state index contributed by atoms with van der Waals surface area (Å²) in [7, 11) is 0. The molecule has 1 aliphatic rings. The molecule has 9 nitrogen and oxygen atoms in total. The molecule has 0 bridgehead atoms. The van der Waals surface area contributed by atoms with Crippen molar-refractivity contribution in [1.29, 1.82) is 0 Å². The van der Waals surface area contributed by atoms with E-state index in [4.69, 9.17) is 6.42 Å². The van der Waals surface area contributed by atoms with Crippen LogP contribution in [-0.4, -0.2) is 71.9 Å². The SMILES string of the molecule is C#CCCn1cc(-c2cnc3c(Cc4ccc(C(=O)N5CCN(C(=O)CCC)CC5)c(C)c4)nccn23)c(C(F)(F)F)n1. The molecule has 0 spiro atoms. The molecular formula is C31H32F3N7O2. The number of hydrogen-bond donors (Lipinski definition) is 0. The second-order valence-corrected chi connectivity index (χ2v) is 10.6. The molecule has 1 aliphatic heterocycles. The van der Waals surface area contributed by atoms with Gasteiger partial charge in [0.2, 0.25) is 5.91 Å². The van der Waals surface area contributed by atoms with Crippen molar-refractivity contribution in [3.8, 4) is 23.6 Å². The lowest BCUT2D eigenvalue weighted by molar-refractivity contribution is -0.141. The van der Waals surface area contributed by atoms with Gasteiger partial charge in [-0.1, -0.05) is 19.1 Å². The second kappa shape index (κ2) is 12.3. The van der Waals surface area contributed by atoms with E-state index in [1.165, 1.54) is 23.3 Å². The third-order valence-corrected chi connectivity index (χ3v) is 7.57. The number of hydrogen-bond acceptors (Lipinski definition) is 5. The maximum atomic E-state index is 13.9. The van der Waals surface area contributed by atoms with Gasteiger partial charge < -0.3 is 9.80 Å². The Hall–Kier alpha value is -4.66.